The van der Waals surface area contributed by atoms with Gasteiger partial charge in [0, 0.05) is 11.5 Å². The maximum absolute atomic E-state index is 14.1. The molecule has 0 aromatic rings. The van der Waals surface area contributed by atoms with Gasteiger partial charge in [-0.1, -0.05) is 12.8 Å². The van der Waals surface area contributed by atoms with Crippen molar-refractivity contribution in [3.8, 4) is 0 Å². The molecule has 8 nitrogen and oxygen atoms in total. The number of primary amides is 1. The topological polar surface area (TPSA) is 122 Å². The van der Waals surface area contributed by atoms with Crippen molar-refractivity contribution in [2.24, 2.45) is 28.9 Å². The van der Waals surface area contributed by atoms with Crippen molar-refractivity contribution in [2.45, 2.75) is 108 Å². The van der Waals surface area contributed by atoms with Gasteiger partial charge in [0.25, 0.3) is 0 Å². The molecule has 1 saturated heterocycles. The van der Waals surface area contributed by atoms with E-state index in [1.807, 2.05) is 0 Å². The van der Waals surface area contributed by atoms with E-state index in [1.54, 1.807) is 25.7 Å². The first-order valence-corrected chi connectivity index (χ1v) is 12.2. The zero-order valence-electron chi connectivity index (χ0n) is 19.4. The summed E-state index contributed by atoms with van der Waals surface area (Å²) in [7, 11) is 0. The highest BCUT2D eigenvalue weighted by Crippen LogP contribution is 2.62. The predicted octanol–water partition coefficient (Wildman–Crippen LogP) is 2.08. The molecule has 4 unspecified atom stereocenters. The summed E-state index contributed by atoms with van der Waals surface area (Å²) < 4.78 is 5.54. The standard InChI is InChI=1S/C24H37N3O5/c1-22(2,3)32-21(30)26-18(20(29)27-16-7-14(16)8-17(27)19(25)28)23-6-4-5-13-10-24(31,12-23)11-15(13)9-23/h13-18,31H,4-12H2,1-3H3,(H2,25,28)(H,26,30)/t13?,14-,15?,16-,17-,18+,23?,24?/m0/s1. The third-order valence-electron chi connectivity index (χ3n) is 8.76. The van der Waals surface area contributed by atoms with Crippen molar-refractivity contribution in [2.75, 3.05) is 0 Å². The van der Waals surface area contributed by atoms with Crippen molar-refractivity contribution in [3.05, 3.63) is 0 Å². The van der Waals surface area contributed by atoms with Gasteiger partial charge in [-0.2, -0.15) is 0 Å². The fourth-order valence-electron chi connectivity index (χ4n) is 7.71. The summed E-state index contributed by atoms with van der Waals surface area (Å²) >= 11 is 0. The van der Waals surface area contributed by atoms with Crippen LogP contribution in [-0.2, 0) is 14.3 Å². The van der Waals surface area contributed by atoms with Crippen LogP contribution in [0.3, 0.4) is 0 Å². The number of hydrogen-bond acceptors (Lipinski definition) is 5. The Morgan fingerprint density at radius 2 is 1.84 bits per heavy atom. The van der Waals surface area contributed by atoms with Crippen LogP contribution >= 0.6 is 0 Å². The lowest BCUT2D eigenvalue weighted by Crippen LogP contribution is -2.62. The van der Waals surface area contributed by atoms with E-state index in [0.29, 0.717) is 30.6 Å². The van der Waals surface area contributed by atoms with E-state index in [2.05, 4.69) is 5.32 Å². The third kappa shape index (κ3) is 3.68. The molecule has 3 bridgehead atoms. The maximum atomic E-state index is 14.1. The summed E-state index contributed by atoms with van der Waals surface area (Å²) in [6, 6.07) is -1.42. The minimum absolute atomic E-state index is 0.0289. The number of carbonyl (C=O) groups excluding carboxylic acids is 3. The molecule has 4 aliphatic carbocycles. The highest BCUT2D eigenvalue weighted by molar-refractivity contribution is 5.92. The lowest BCUT2D eigenvalue weighted by molar-refractivity contribution is -0.146. The highest BCUT2D eigenvalue weighted by Gasteiger charge is 2.63. The van der Waals surface area contributed by atoms with E-state index in [-0.39, 0.29) is 11.9 Å². The molecule has 3 amide bonds. The van der Waals surface area contributed by atoms with Crippen molar-refractivity contribution >= 4 is 17.9 Å². The number of aliphatic hydroxyl groups is 1. The van der Waals surface area contributed by atoms with Gasteiger partial charge in [0.15, 0.2) is 0 Å². The first kappa shape index (κ1) is 22.0. The van der Waals surface area contributed by atoms with E-state index in [9.17, 15) is 19.5 Å². The predicted molar refractivity (Wildman–Crippen MR) is 116 cm³/mol. The summed E-state index contributed by atoms with van der Waals surface area (Å²) in [5.74, 6) is 0.461. The number of amides is 3. The Balaban J connectivity index is 1.49. The first-order chi connectivity index (χ1) is 14.9. The number of hydrogen-bond donors (Lipinski definition) is 3. The summed E-state index contributed by atoms with van der Waals surface area (Å²) in [6.07, 6.45) is 6.55. The van der Waals surface area contributed by atoms with E-state index >= 15 is 0 Å². The summed E-state index contributed by atoms with van der Waals surface area (Å²) in [4.78, 5) is 40.8. The highest BCUT2D eigenvalue weighted by atomic mass is 16.6. The van der Waals surface area contributed by atoms with Crippen LogP contribution in [0.2, 0.25) is 0 Å². The first-order valence-electron chi connectivity index (χ1n) is 12.2. The van der Waals surface area contributed by atoms with Crippen LogP contribution in [0.4, 0.5) is 4.79 Å². The minimum atomic E-state index is -0.829. The van der Waals surface area contributed by atoms with E-state index < -0.39 is 40.7 Å². The average molecular weight is 448 g/mol. The third-order valence-corrected chi connectivity index (χ3v) is 8.76. The van der Waals surface area contributed by atoms with Crippen LogP contribution in [0.5, 0.6) is 0 Å². The molecule has 0 aromatic carbocycles. The Morgan fingerprint density at radius 3 is 2.53 bits per heavy atom. The molecular formula is C24H37N3O5. The fourth-order valence-corrected chi connectivity index (χ4v) is 7.71. The molecule has 1 aliphatic heterocycles. The molecule has 0 aromatic heterocycles. The monoisotopic (exact) mass is 447 g/mol. The molecule has 0 spiro atoms. The zero-order chi connectivity index (χ0) is 23.1. The van der Waals surface area contributed by atoms with Gasteiger partial charge in [-0.05, 0) is 83.5 Å². The van der Waals surface area contributed by atoms with Gasteiger partial charge >= 0.3 is 6.09 Å². The van der Waals surface area contributed by atoms with Crippen LogP contribution in [0, 0.1) is 23.2 Å². The van der Waals surface area contributed by atoms with Gasteiger partial charge in [0.2, 0.25) is 11.8 Å². The molecule has 178 valence electrons. The number of nitrogens with zero attached hydrogens (tertiary/aromatic N) is 1. The smallest absolute Gasteiger partial charge is 0.408 e. The molecule has 1 heterocycles. The van der Waals surface area contributed by atoms with Crippen LogP contribution in [-0.4, -0.2) is 57.2 Å². The molecule has 4 N–H and O–H groups in total. The Hall–Kier alpha value is -1.83. The number of nitrogens with two attached hydrogens (primary N) is 1. The Labute approximate surface area is 189 Å². The van der Waals surface area contributed by atoms with Gasteiger partial charge in [0.05, 0.1) is 5.60 Å². The molecule has 8 atom stereocenters. The van der Waals surface area contributed by atoms with Crippen molar-refractivity contribution in [3.63, 3.8) is 0 Å². The Morgan fingerprint density at radius 1 is 1.12 bits per heavy atom. The molecule has 32 heavy (non-hydrogen) atoms. The van der Waals surface area contributed by atoms with Crippen LogP contribution < -0.4 is 11.1 Å². The maximum Gasteiger partial charge on any atom is 0.408 e. The van der Waals surface area contributed by atoms with Gasteiger partial charge < -0.3 is 25.8 Å². The summed E-state index contributed by atoms with van der Waals surface area (Å²) in [6.45, 7) is 5.37. The largest absolute Gasteiger partial charge is 0.444 e. The molecule has 0 radical (unpaired) electrons. The van der Waals surface area contributed by atoms with Gasteiger partial charge in [0.1, 0.15) is 17.7 Å². The Bertz CT molecular complexity index is 840. The number of alkyl carbamates (subject to hydrolysis) is 1. The number of fused-ring (bicyclic) bond motifs is 3. The van der Waals surface area contributed by atoms with E-state index in [0.717, 1.165) is 44.9 Å². The van der Waals surface area contributed by atoms with Crippen molar-refractivity contribution in [1.29, 1.82) is 0 Å². The minimum Gasteiger partial charge on any atom is -0.444 e. The second-order valence-corrected chi connectivity index (χ2v) is 12.3. The number of carbonyl (C=O) groups is 3. The molecule has 5 fully saturated rings. The number of nitrogens with one attached hydrogen (secondary N) is 1. The van der Waals surface area contributed by atoms with Crippen LogP contribution in [0.1, 0.15) is 78.6 Å². The molecule has 5 aliphatic rings. The van der Waals surface area contributed by atoms with Gasteiger partial charge in [-0.3, -0.25) is 9.59 Å². The van der Waals surface area contributed by atoms with E-state index in [1.165, 1.54) is 0 Å². The number of likely N-dealkylation sites (tertiary alicyclic amines) is 1. The lowest BCUT2D eigenvalue weighted by Gasteiger charge is -2.49. The second kappa shape index (κ2) is 7.08. The van der Waals surface area contributed by atoms with Gasteiger partial charge in [-0.25, -0.2) is 4.79 Å². The molecular weight excluding hydrogens is 410 g/mol. The Kier molecular flexibility index (Phi) is 4.87. The van der Waals surface area contributed by atoms with Gasteiger partial charge in [-0.15, -0.1) is 0 Å². The normalized spacial score (nSPS) is 42.8. The SMILES string of the molecule is CC(C)(C)OC(=O)N[C@H](C(=O)N1[C@H](C(N)=O)C[C@@H]2C[C@@H]21)C12CCCC3CC(O)(CC3C1)C2. The number of ether oxygens (including phenoxy) is 1. The van der Waals surface area contributed by atoms with Crippen molar-refractivity contribution < 1.29 is 24.2 Å². The van der Waals surface area contributed by atoms with Crippen LogP contribution in [0.25, 0.3) is 0 Å². The molecule has 8 heteroatoms. The van der Waals surface area contributed by atoms with Crippen molar-refractivity contribution in [1.82, 2.24) is 10.2 Å². The van der Waals surface area contributed by atoms with E-state index in [4.69, 9.17) is 10.5 Å². The zero-order valence-corrected chi connectivity index (χ0v) is 19.4. The molecule has 4 saturated carbocycles. The fraction of sp³-hybridized carbons (Fsp3) is 0.875. The summed E-state index contributed by atoms with van der Waals surface area (Å²) in [5, 5.41) is 14.3. The number of rotatable bonds is 4. The quantitative estimate of drug-likeness (QED) is 0.609. The lowest BCUT2D eigenvalue weighted by atomic mass is 9.61. The summed E-state index contributed by atoms with van der Waals surface area (Å²) in [5.41, 5.74) is 3.65. The molecule has 5 rings (SSSR count). The van der Waals surface area contributed by atoms with Crippen LogP contribution in [0.15, 0.2) is 0 Å². The average Bonchev–Trinajstić information content (AvgIpc) is 3.27. The second-order valence-electron chi connectivity index (χ2n) is 12.3. The number of piperidine rings is 1.